The number of hydrogen-bond donors (Lipinski definition) is 1. The molecule has 0 radical (unpaired) electrons. The van der Waals surface area contributed by atoms with Gasteiger partial charge in [0.2, 0.25) is 21.8 Å². The Morgan fingerprint density at radius 3 is 2.03 bits per heavy atom. The molecule has 2 amide bonds. The number of carbonyl (C=O) groups is 2. The van der Waals surface area contributed by atoms with Gasteiger partial charge >= 0.3 is 0 Å². The number of nitrogens with one attached hydrogen (secondary N) is 1. The number of carbonyl (C=O) groups excluding carboxylic acids is 2. The molecular weight excluding hydrogens is 506 g/mol. The van der Waals surface area contributed by atoms with Crippen LogP contribution in [0, 0.1) is 13.8 Å². The van der Waals surface area contributed by atoms with Crippen molar-refractivity contribution in [3.05, 3.63) is 63.6 Å². The van der Waals surface area contributed by atoms with Crippen LogP contribution in [0.1, 0.15) is 37.5 Å². The van der Waals surface area contributed by atoms with Gasteiger partial charge < -0.3 is 10.2 Å². The summed E-state index contributed by atoms with van der Waals surface area (Å²) in [6.07, 6.45) is 1.08. The first-order valence-corrected chi connectivity index (χ1v) is 13.3. The predicted octanol–water partition coefficient (Wildman–Crippen LogP) is 3.77. The van der Waals surface area contributed by atoms with Crippen LogP contribution >= 0.6 is 15.9 Å². The van der Waals surface area contributed by atoms with E-state index in [2.05, 4.69) is 21.2 Å². The van der Waals surface area contributed by atoms with Crippen LogP contribution in [0.4, 0.5) is 5.69 Å². The van der Waals surface area contributed by atoms with Crippen molar-refractivity contribution < 1.29 is 18.0 Å². The van der Waals surface area contributed by atoms with Crippen LogP contribution in [-0.4, -0.2) is 50.0 Å². The third-order valence-electron chi connectivity index (χ3n) is 5.23. The lowest BCUT2D eigenvalue weighted by molar-refractivity contribution is -0.139. The SMILES string of the molecule is Cc1cccc(C)c1N(CC(=O)N(Cc1ccc(Br)cc1)[C@H](C)C(=O)NC(C)C)S(C)(=O)=O. The molecule has 0 unspecified atom stereocenters. The van der Waals surface area contributed by atoms with Crippen molar-refractivity contribution in [1.82, 2.24) is 10.2 Å². The minimum atomic E-state index is -3.76. The number of aryl methyl sites for hydroxylation is 2. The van der Waals surface area contributed by atoms with Gasteiger partial charge in [0.05, 0.1) is 11.9 Å². The molecule has 0 bridgehead atoms. The summed E-state index contributed by atoms with van der Waals surface area (Å²) in [4.78, 5) is 27.7. The lowest BCUT2D eigenvalue weighted by atomic mass is 10.1. The van der Waals surface area contributed by atoms with Crippen LogP contribution in [0.15, 0.2) is 46.9 Å². The summed E-state index contributed by atoms with van der Waals surface area (Å²) in [5, 5.41) is 2.83. The Bertz CT molecular complexity index is 1080. The van der Waals surface area contributed by atoms with Gasteiger partial charge in [0.25, 0.3) is 0 Å². The molecule has 0 aliphatic heterocycles. The zero-order valence-corrected chi connectivity index (χ0v) is 22.3. The van der Waals surface area contributed by atoms with Gasteiger partial charge in [0.1, 0.15) is 12.6 Å². The van der Waals surface area contributed by atoms with Gasteiger partial charge in [-0.25, -0.2) is 8.42 Å². The number of sulfonamides is 1. The average molecular weight is 539 g/mol. The summed E-state index contributed by atoms with van der Waals surface area (Å²) in [6.45, 7) is 8.73. The first kappa shape index (κ1) is 26.9. The van der Waals surface area contributed by atoms with Crippen LogP contribution in [0.3, 0.4) is 0 Å². The fourth-order valence-electron chi connectivity index (χ4n) is 3.55. The Hall–Kier alpha value is -2.39. The normalized spacial score (nSPS) is 12.4. The molecule has 0 saturated carbocycles. The van der Waals surface area contributed by atoms with Crippen molar-refractivity contribution in [1.29, 1.82) is 0 Å². The Balaban J connectivity index is 2.44. The number of para-hydroxylation sites is 1. The highest BCUT2D eigenvalue weighted by Crippen LogP contribution is 2.27. The zero-order valence-electron chi connectivity index (χ0n) is 19.9. The molecule has 0 spiro atoms. The van der Waals surface area contributed by atoms with Crippen LogP contribution < -0.4 is 9.62 Å². The highest BCUT2D eigenvalue weighted by Gasteiger charge is 2.31. The molecule has 0 heterocycles. The molecule has 180 valence electrons. The summed E-state index contributed by atoms with van der Waals surface area (Å²) >= 11 is 3.40. The molecule has 7 nitrogen and oxygen atoms in total. The van der Waals surface area contributed by atoms with E-state index in [1.165, 1.54) is 4.90 Å². The van der Waals surface area contributed by atoms with E-state index in [1.54, 1.807) is 6.92 Å². The number of rotatable bonds is 9. The van der Waals surface area contributed by atoms with E-state index in [0.29, 0.717) is 5.69 Å². The molecule has 2 aromatic carbocycles. The number of halogens is 1. The van der Waals surface area contributed by atoms with E-state index >= 15 is 0 Å². The monoisotopic (exact) mass is 537 g/mol. The second-order valence-corrected chi connectivity index (χ2v) is 11.3. The van der Waals surface area contributed by atoms with E-state index in [-0.39, 0.29) is 18.5 Å². The molecule has 0 aliphatic rings. The van der Waals surface area contributed by atoms with E-state index in [4.69, 9.17) is 0 Å². The summed E-state index contributed by atoms with van der Waals surface area (Å²) in [5.74, 6) is -0.758. The summed E-state index contributed by atoms with van der Waals surface area (Å²) < 4.78 is 27.4. The molecule has 2 aromatic rings. The largest absolute Gasteiger partial charge is 0.352 e. The topological polar surface area (TPSA) is 86.8 Å². The van der Waals surface area contributed by atoms with Gasteiger partial charge in [-0.05, 0) is 63.4 Å². The maximum absolute atomic E-state index is 13.5. The lowest BCUT2D eigenvalue weighted by Gasteiger charge is -2.32. The van der Waals surface area contributed by atoms with Crippen molar-refractivity contribution >= 4 is 43.5 Å². The molecule has 0 fully saturated rings. The fraction of sp³-hybridized carbons (Fsp3) is 0.417. The number of nitrogens with zero attached hydrogens (tertiary/aromatic N) is 2. The Morgan fingerprint density at radius 1 is 1.00 bits per heavy atom. The molecule has 1 N–H and O–H groups in total. The third-order valence-corrected chi connectivity index (χ3v) is 6.87. The van der Waals surface area contributed by atoms with Crippen LogP contribution in [-0.2, 0) is 26.2 Å². The van der Waals surface area contributed by atoms with Gasteiger partial charge in [0, 0.05) is 17.1 Å². The second kappa shape index (κ2) is 11.2. The maximum atomic E-state index is 13.5. The highest BCUT2D eigenvalue weighted by atomic mass is 79.9. The van der Waals surface area contributed by atoms with Crippen molar-refractivity contribution in [2.75, 3.05) is 17.1 Å². The number of amides is 2. The van der Waals surface area contributed by atoms with Crippen LogP contribution in [0.25, 0.3) is 0 Å². The summed E-state index contributed by atoms with van der Waals surface area (Å²) in [7, 11) is -3.76. The molecule has 33 heavy (non-hydrogen) atoms. The molecule has 0 saturated heterocycles. The summed E-state index contributed by atoms with van der Waals surface area (Å²) in [5.41, 5.74) is 2.81. The zero-order chi connectivity index (χ0) is 24.9. The summed E-state index contributed by atoms with van der Waals surface area (Å²) in [6, 6.07) is 12.0. The van der Waals surface area contributed by atoms with Gasteiger partial charge in [-0.3, -0.25) is 13.9 Å². The van der Waals surface area contributed by atoms with Gasteiger partial charge in [-0.2, -0.15) is 0 Å². The van der Waals surface area contributed by atoms with Gasteiger partial charge in [0.15, 0.2) is 0 Å². The van der Waals surface area contributed by atoms with Crippen LogP contribution in [0.2, 0.25) is 0 Å². The van der Waals surface area contributed by atoms with Crippen molar-refractivity contribution in [3.8, 4) is 0 Å². The van der Waals surface area contributed by atoms with Crippen molar-refractivity contribution in [3.63, 3.8) is 0 Å². The highest BCUT2D eigenvalue weighted by molar-refractivity contribution is 9.10. The molecule has 0 aromatic heterocycles. The van der Waals surface area contributed by atoms with E-state index < -0.39 is 28.5 Å². The fourth-order valence-corrected chi connectivity index (χ4v) is 4.78. The van der Waals surface area contributed by atoms with Crippen molar-refractivity contribution in [2.45, 2.75) is 53.2 Å². The minimum absolute atomic E-state index is 0.0910. The molecule has 9 heteroatoms. The van der Waals surface area contributed by atoms with E-state index in [9.17, 15) is 18.0 Å². The first-order chi connectivity index (χ1) is 15.3. The molecule has 0 aliphatic carbocycles. The minimum Gasteiger partial charge on any atom is -0.352 e. The second-order valence-electron chi connectivity index (χ2n) is 8.50. The Labute approximate surface area is 205 Å². The number of anilines is 1. The Kier molecular flexibility index (Phi) is 9.08. The van der Waals surface area contributed by atoms with Gasteiger partial charge in [-0.1, -0.05) is 46.3 Å². The molecular formula is C24H32BrN3O4S. The smallest absolute Gasteiger partial charge is 0.244 e. The van der Waals surface area contributed by atoms with E-state index in [0.717, 1.165) is 31.7 Å². The third kappa shape index (κ3) is 7.30. The standard InChI is InChI=1S/C24H32BrN3O4S/c1-16(2)26-24(30)19(5)27(14-20-10-12-21(25)13-11-20)22(29)15-28(33(6,31)32)23-17(3)8-7-9-18(23)4/h7-13,16,19H,14-15H2,1-6H3,(H,26,30)/t19-/m1/s1. The van der Waals surface area contributed by atoms with Crippen LogP contribution in [0.5, 0.6) is 0 Å². The van der Waals surface area contributed by atoms with Gasteiger partial charge in [-0.15, -0.1) is 0 Å². The molecule has 2 rings (SSSR count). The average Bonchev–Trinajstić information content (AvgIpc) is 2.70. The quantitative estimate of drug-likeness (QED) is 0.527. The van der Waals surface area contributed by atoms with E-state index in [1.807, 2.05) is 70.2 Å². The predicted molar refractivity (Wildman–Crippen MR) is 136 cm³/mol. The Morgan fingerprint density at radius 2 is 1.55 bits per heavy atom. The number of hydrogen-bond acceptors (Lipinski definition) is 4. The van der Waals surface area contributed by atoms with Crippen molar-refractivity contribution in [2.24, 2.45) is 0 Å². The first-order valence-electron chi connectivity index (χ1n) is 10.7. The maximum Gasteiger partial charge on any atom is 0.244 e. The molecule has 1 atom stereocenters. The number of benzene rings is 2. The lowest BCUT2D eigenvalue weighted by Crippen LogP contribution is -2.52.